The molecule has 0 heterocycles. The summed E-state index contributed by atoms with van der Waals surface area (Å²) in [5.74, 6) is -0.332. The van der Waals surface area contributed by atoms with Crippen LogP contribution in [0.3, 0.4) is 0 Å². The molecule has 0 spiro atoms. The lowest BCUT2D eigenvalue weighted by molar-refractivity contribution is -0.115. The fourth-order valence-electron chi connectivity index (χ4n) is 1.37. The Bertz CT molecular complexity index is 506. The van der Waals surface area contributed by atoms with E-state index in [0.717, 1.165) is 0 Å². The number of nitriles is 1. The minimum Gasteiger partial charge on any atom is -0.496 e. The molecule has 1 aromatic carbocycles. The van der Waals surface area contributed by atoms with Crippen LogP contribution in [-0.4, -0.2) is 26.0 Å². The van der Waals surface area contributed by atoms with Gasteiger partial charge in [-0.1, -0.05) is 0 Å². The highest BCUT2D eigenvalue weighted by Crippen LogP contribution is 2.22. The molecule has 6 nitrogen and oxygen atoms in total. The molecule has 0 aliphatic carbocycles. The van der Waals surface area contributed by atoms with Crippen LogP contribution in [0.25, 0.3) is 0 Å². The van der Waals surface area contributed by atoms with E-state index in [-0.39, 0.29) is 12.3 Å². The maximum atomic E-state index is 11.6. The normalized spacial score (nSPS) is 9.17. The van der Waals surface area contributed by atoms with Crippen molar-refractivity contribution >= 4 is 17.5 Å². The highest BCUT2D eigenvalue weighted by Gasteiger charge is 2.12. The predicted octanol–water partition coefficient (Wildman–Crippen LogP) is 0.907. The standard InChI is InChI=1S/C12H13N3O3/c1-14-12(17)9-7-8(3-4-10(9)18-2)15-11(16)5-6-13/h3-4,7H,5H2,1-2H3,(H,14,17)(H,15,16). The number of hydrogen-bond acceptors (Lipinski definition) is 4. The first-order chi connectivity index (χ1) is 8.62. The molecule has 2 N–H and O–H groups in total. The van der Waals surface area contributed by atoms with Crippen LogP contribution in [0, 0.1) is 11.3 Å². The van der Waals surface area contributed by atoms with Gasteiger partial charge in [-0.2, -0.15) is 5.26 Å². The molecule has 18 heavy (non-hydrogen) atoms. The molecule has 0 aliphatic heterocycles. The van der Waals surface area contributed by atoms with Gasteiger partial charge in [0.05, 0.1) is 18.7 Å². The van der Waals surface area contributed by atoms with Crippen LogP contribution in [0.1, 0.15) is 16.8 Å². The Labute approximate surface area is 105 Å². The topological polar surface area (TPSA) is 91.2 Å². The van der Waals surface area contributed by atoms with Crippen LogP contribution in [0.4, 0.5) is 5.69 Å². The smallest absolute Gasteiger partial charge is 0.254 e. The average Bonchev–Trinajstić information content (AvgIpc) is 2.38. The summed E-state index contributed by atoms with van der Waals surface area (Å²) in [5, 5.41) is 13.4. The zero-order valence-electron chi connectivity index (χ0n) is 10.1. The van der Waals surface area contributed by atoms with Crippen molar-refractivity contribution in [2.75, 3.05) is 19.5 Å². The van der Waals surface area contributed by atoms with Crippen molar-refractivity contribution in [3.63, 3.8) is 0 Å². The fourth-order valence-corrected chi connectivity index (χ4v) is 1.37. The summed E-state index contributed by atoms with van der Waals surface area (Å²) >= 11 is 0. The molecule has 0 aromatic heterocycles. The molecule has 0 fully saturated rings. The average molecular weight is 247 g/mol. The molecule has 2 amide bonds. The molecule has 0 atom stereocenters. The Morgan fingerprint density at radius 1 is 1.44 bits per heavy atom. The maximum absolute atomic E-state index is 11.6. The molecule has 1 rings (SSSR count). The molecule has 94 valence electrons. The fraction of sp³-hybridized carbons (Fsp3) is 0.250. The highest BCUT2D eigenvalue weighted by molar-refractivity contribution is 5.99. The van der Waals surface area contributed by atoms with Gasteiger partial charge in [0.15, 0.2) is 0 Å². The van der Waals surface area contributed by atoms with Crippen molar-refractivity contribution in [2.24, 2.45) is 0 Å². The molecule has 0 unspecified atom stereocenters. The number of rotatable bonds is 4. The van der Waals surface area contributed by atoms with Gasteiger partial charge >= 0.3 is 0 Å². The number of methoxy groups -OCH3 is 1. The van der Waals surface area contributed by atoms with Crippen LogP contribution in [-0.2, 0) is 4.79 Å². The lowest BCUT2D eigenvalue weighted by Crippen LogP contribution is -2.19. The van der Waals surface area contributed by atoms with E-state index in [1.165, 1.54) is 20.2 Å². The Balaban J connectivity index is 3.00. The summed E-state index contributed by atoms with van der Waals surface area (Å²) < 4.78 is 5.05. The van der Waals surface area contributed by atoms with Crippen LogP contribution < -0.4 is 15.4 Å². The van der Waals surface area contributed by atoms with E-state index in [0.29, 0.717) is 17.0 Å². The van der Waals surface area contributed by atoms with Crippen LogP contribution in [0.2, 0.25) is 0 Å². The zero-order valence-corrected chi connectivity index (χ0v) is 10.1. The first-order valence-electron chi connectivity index (χ1n) is 5.19. The zero-order chi connectivity index (χ0) is 13.5. The molecule has 0 aliphatic rings. The van der Waals surface area contributed by atoms with Gasteiger partial charge in [0.1, 0.15) is 12.2 Å². The molecular weight excluding hydrogens is 234 g/mol. The van der Waals surface area contributed by atoms with Gasteiger partial charge in [-0.25, -0.2) is 0 Å². The number of ether oxygens (including phenoxy) is 1. The summed E-state index contributed by atoms with van der Waals surface area (Å²) in [4.78, 5) is 22.9. The van der Waals surface area contributed by atoms with Crippen LogP contribution in [0.15, 0.2) is 18.2 Å². The monoisotopic (exact) mass is 247 g/mol. The van der Waals surface area contributed by atoms with Gasteiger partial charge in [-0.05, 0) is 18.2 Å². The van der Waals surface area contributed by atoms with Gasteiger partial charge in [0, 0.05) is 12.7 Å². The summed E-state index contributed by atoms with van der Waals surface area (Å²) in [6, 6.07) is 6.41. The quantitative estimate of drug-likeness (QED) is 0.827. The first kappa shape index (κ1) is 13.5. The van der Waals surface area contributed by atoms with Gasteiger partial charge in [0.2, 0.25) is 5.91 Å². The largest absolute Gasteiger partial charge is 0.496 e. The van der Waals surface area contributed by atoms with E-state index >= 15 is 0 Å². The van der Waals surface area contributed by atoms with Gasteiger partial charge in [-0.3, -0.25) is 9.59 Å². The lowest BCUT2D eigenvalue weighted by atomic mass is 10.1. The van der Waals surface area contributed by atoms with Crippen molar-refractivity contribution in [2.45, 2.75) is 6.42 Å². The molecular formula is C12H13N3O3. The summed E-state index contributed by atoms with van der Waals surface area (Å²) in [7, 11) is 2.96. The summed E-state index contributed by atoms with van der Waals surface area (Å²) in [5.41, 5.74) is 0.754. The van der Waals surface area contributed by atoms with Crippen molar-refractivity contribution in [3.05, 3.63) is 23.8 Å². The summed E-state index contributed by atoms with van der Waals surface area (Å²) in [6.45, 7) is 0. The molecule has 0 bridgehead atoms. The van der Waals surface area contributed by atoms with Crippen molar-refractivity contribution in [1.29, 1.82) is 5.26 Å². The lowest BCUT2D eigenvalue weighted by Gasteiger charge is -2.10. The van der Waals surface area contributed by atoms with E-state index in [9.17, 15) is 9.59 Å². The number of carbonyl (C=O) groups excluding carboxylic acids is 2. The van der Waals surface area contributed by atoms with E-state index in [1.807, 2.05) is 0 Å². The van der Waals surface area contributed by atoms with E-state index in [1.54, 1.807) is 18.2 Å². The molecule has 0 saturated carbocycles. The minimum absolute atomic E-state index is 0.235. The van der Waals surface area contributed by atoms with Crippen LogP contribution >= 0.6 is 0 Å². The van der Waals surface area contributed by atoms with E-state index in [4.69, 9.17) is 10.00 Å². The second-order valence-electron chi connectivity index (χ2n) is 3.38. The third-order valence-corrected chi connectivity index (χ3v) is 2.19. The number of benzene rings is 1. The number of amides is 2. The number of carbonyl (C=O) groups is 2. The van der Waals surface area contributed by atoms with Crippen LogP contribution in [0.5, 0.6) is 5.75 Å². The predicted molar refractivity (Wildman–Crippen MR) is 65.2 cm³/mol. The third kappa shape index (κ3) is 3.22. The van der Waals surface area contributed by atoms with Gasteiger partial charge in [-0.15, -0.1) is 0 Å². The van der Waals surface area contributed by atoms with Gasteiger partial charge < -0.3 is 15.4 Å². The molecule has 1 aromatic rings. The number of nitrogens with zero attached hydrogens (tertiary/aromatic N) is 1. The Morgan fingerprint density at radius 2 is 2.17 bits per heavy atom. The Morgan fingerprint density at radius 3 is 2.72 bits per heavy atom. The third-order valence-electron chi connectivity index (χ3n) is 2.19. The number of nitrogens with one attached hydrogen (secondary N) is 2. The Hall–Kier alpha value is -2.55. The van der Waals surface area contributed by atoms with Crippen molar-refractivity contribution in [1.82, 2.24) is 5.32 Å². The second kappa shape index (κ2) is 6.25. The first-order valence-corrected chi connectivity index (χ1v) is 5.19. The Kier molecular flexibility index (Phi) is 4.69. The van der Waals surface area contributed by atoms with Crippen molar-refractivity contribution < 1.29 is 14.3 Å². The SMILES string of the molecule is CNC(=O)c1cc(NC(=O)CC#N)ccc1OC. The second-order valence-corrected chi connectivity index (χ2v) is 3.38. The van der Waals surface area contributed by atoms with Crippen molar-refractivity contribution in [3.8, 4) is 11.8 Å². The van der Waals surface area contributed by atoms with E-state index in [2.05, 4.69) is 10.6 Å². The number of anilines is 1. The number of hydrogen-bond donors (Lipinski definition) is 2. The highest BCUT2D eigenvalue weighted by atomic mass is 16.5. The molecule has 0 saturated heterocycles. The molecule has 0 radical (unpaired) electrons. The molecule has 6 heteroatoms. The maximum Gasteiger partial charge on any atom is 0.254 e. The van der Waals surface area contributed by atoms with Gasteiger partial charge in [0.25, 0.3) is 5.91 Å². The minimum atomic E-state index is -0.425. The van der Waals surface area contributed by atoms with E-state index < -0.39 is 5.91 Å². The summed E-state index contributed by atoms with van der Waals surface area (Å²) in [6.07, 6.45) is -0.235.